The number of quaternary nitrogens is 1. The molecule has 3 heteroatoms. The second-order valence-electron chi connectivity index (χ2n) is 3.61. The highest BCUT2D eigenvalue weighted by atomic mass is 35.5. The van der Waals surface area contributed by atoms with E-state index in [4.69, 9.17) is 11.6 Å². The minimum absolute atomic E-state index is 0.833. The first kappa shape index (κ1) is 11.1. The maximum Gasteiger partial charge on any atom is 0.119 e. The molecule has 0 fully saturated rings. The second-order valence-corrected chi connectivity index (χ2v) is 4.02. The van der Waals surface area contributed by atoms with Crippen molar-refractivity contribution in [2.75, 3.05) is 0 Å². The van der Waals surface area contributed by atoms with Crippen molar-refractivity contribution in [3.63, 3.8) is 0 Å². The van der Waals surface area contributed by atoms with Crippen LogP contribution in [0, 0.1) is 0 Å². The number of hydrogen-bond donors (Lipinski definition) is 1. The van der Waals surface area contributed by atoms with Gasteiger partial charge in [-0.3, -0.25) is 4.98 Å². The molecule has 0 saturated carbocycles. The van der Waals surface area contributed by atoms with Gasteiger partial charge < -0.3 is 5.32 Å². The molecule has 0 saturated heterocycles. The van der Waals surface area contributed by atoms with Crippen molar-refractivity contribution in [3.05, 3.63) is 64.9 Å². The molecule has 0 amide bonds. The lowest BCUT2D eigenvalue weighted by Crippen LogP contribution is -2.80. The number of pyridine rings is 1. The van der Waals surface area contributed by atoms with Gasteiger partial charge in [0.1, 0.15) is 13.1 Å². The summed E-state index contributed by atoms with van der Waals surface area (Å²) in [4.78, 5) is 4.27. The van der Waals surface area contributed by atoms with E-state index < -0.39 is 0 Å². The molecule has 1 aromatic carbocycles. The van der Waals surface area contributed by atoms with E-state index in [2.05, 4.69) is 16.4 Å². The van der Waals surface area contributed by atoms with Gasteiger partial charge in [-0.05, 0) is 18.2 Å². The van der Waals surface area contributed by atoms with Crippen molar-refractivity contribution in [1.82, 2.24) is 4.98 Å². The Labute approximate surface area is 100 Å². The van der Waals surface area contributed by atoms with E-state index in [1.807, 2.05) is 42.6 Å². The molecule has 82 valence electrons. The fourth-order valence-corrected chi connectivity index (χ4v) is 1.77. The van der Waals surface area contributed by atoms with E-state index in [9.17, 15) is 0 Å². The van der Waals surface area contributed by atoms with Crippen molar-refractivity contribution in [2.24, 2.45) is 0 Å². The number of hydrogen-bond acceptors (Lipinski definition) is 1. The zero-order chi connectivity index (χ0) is 11.2. The zero-order valence-corrected chi connectivity index (χ0v) is 9.69. The van der Waals surface area contributed by atoms with Crippen LogP contribution >= 0.6 is 11.6 Å². The molecule has 0 radical (unpaired) electrons. The Hall–Kier alpha value is -1.38. The topological polar surface area (TPSA) is 29.5 Å². The molecule has 0 atom stereocenters. The average Bonchev–Trinajstić information content (AvgIpc) is 2.33. The monoisotopic (exact) mass is 233 g/mol. The molecule has 1 heterocycles. The molecule has 2 aromatic rings. The summed E-state index contributed by atoms with van der Waals surface area (Å²) < 4.78 is 0. The van der Waals surface area contributed by atoms with E-state index in [1.54, 1.807) is 0 Å². The van der Waals surface area contributed by atoms with Crippen LogP contribution in [0.5, 0.6) is 0 Å². The molecule has 2 rings (SSSR count). The van der Waals surface area contributed by atoms with Crippen LogP contribution in [-0.2, 0) is 13.1 Å². The first-order valence-corrected chi connectivity index (χ1v) is 5.69. The quantitative estimate of drug-likeness (QED) is 0.860. The van der Waals surface area contributed by atoms with Crippen molar-refractivity contribution < 1.29 is 5.32 Å². The SMILES string of the molecule is Clc1ccccc1C[NH2+]Cc1ccccn1. The van der Waals surface area contributed by atoms with Gasteiger partial charge in [-0.1, -0.05) is 35.9 Å². The maximum absolute atomic E-state index is 6.07. The van der Waals surface area contributed by atoms with Gasteiger partial charge in [0.2, 0.25) is 0 Å². The summed E-state index contributed by atoms with van der Waals surface area (Å²) in [5, 5.41) is 3.03. The van der Waals surface area contributed by atoms with Crippen LogP contribution in [0.25, 0.3) is 0 Å². The molecular formula is C13H14ClN2+. The van der Waals surface area contributed by atoms with Crippen LogP contribution in [0.2, 0.25) is 5.02 Å². The average molecular weight is 234 g/mol. The summed E-state index contributed by atoms with van der Waals surface area (Å²) in [6.07, 6.45) is 1.82. The van der Waals surface area contributed by atoms with E-state index in [-0.39, 0.29) is 0 Å². The molecular weight excluding hydrogens is 220 g/mol. The zero-order valence-electron chi connectivity index (χ0n) is 8.94. The lowest BCUT2D eigenvalue weighted by molar-refractivity contribution is -0.686. The third kappa shape index (κ3) is 3.05. The first-order chi connectivity index (χ1) is 7.86. The number of aromatic nitrogens is 1. The van der Waals surface area contributed by atoms with Crippen molar-refractivity contribution in [3.8, 4) is 0 Å². The Morgan fingerprint density at radius 2 is 1.81 bits per heavy atom. The summed E-state index contributed by atoms with van der Waals surface area (Å²) in [7, 11) is 0. The number of halogens is 1. The predicted molar refractivity (Wildman–Crippen MR) is 65.0 cm³/mol. The molecule has 0 unspecified atom stereocenters. The highest BCUT2D eigenvalue weighted by Crippen LogP contribution is 2.12. The van der Waals surface area contributed by atoms with Gasteiger partial charge >= 0.3 is 0 Å². The summed E-state index contributed by atoms with van der Waals surface area (Å²) in [5.41, 5.74) is 2.26. The fourth-order valence-electron chi connectivity index (χ4n) is 1.56. The van der Waals surface area contributed by atoms with Gasteiger partial charge in [0.15, 0.2) is 0 Å². The molecule has 0 spiro atoms. The van der Waals surface area contributed by atoms with Crippen LogP contribution in [0.15, 0.2) is 48.7 Å². The highest BCUT2D eigenvalue weighted by Gasteiger charge is 2.01. The molecule has 2 nitrogen and oxygen atoms in total. The van der Waals surface area contributed by atoms with Crippen LogP contribution in [0.1, 0.15) is 11.3 Å². The molecule has 1 aromatic heterocycles. The van der Waals surface area contributed by atoms with Crippen LogP contribution < -0.4 is 5.32 Å². The van der Waals surface area contributed by atoms with Crippen molar-refractivity contribution >= 4 is 11.6 Å². The van der Waals surface area contributed by atoms with Gasteiger partial charge in [-0.15, -0.1) is 0 Å². The minimum atomic E-state index is 0.833. The summed E-state index contributed by atoms with van der Waals surface area (Å²) in [5.74, 6) is 0. The van der Waals surface area contributed by atoms with Crippen LogP contribution in [0.3, 0.4) is 0 Å². The summed E-state index contributed by atoms with van der Waals surface area (Å²) >= 11 is 6.07. The van der Waals surface area contributed by atoms with Gasteiger partial charge in [0.25, 0.3) is 0 Å². The smallest absolute Gasteiger partial charge is 0.119 e. The number of nitrogens with zero attached hydrogens (tertiary/aromatic N) is 1. The van der Waals surface area contributed by atoms with E-state index in [1.165, 1.54) is 5.56 Å². The Kier molecular flexibility index (Phi) is 3.91. The third-order valence-electron chi connectivity index (χ3n) is 2.40. The number of nitrogens with two attached hydrogens (primary N) is 1. The van der Waals surface area contributed by atoms with Crippen LogP contribution in [-0.4, -0.2) is 4.98 Å². The summed E-state index contributed by atoms with van der Waals surface area (Å²) in [6, 6.07) is 13.9. The minimum Gasteiger partial charge on any atom is -0.337 e. The van der Waals surface area contributed by atoms with Gasteiger partial charge in [0.05, 0.1) is 5.69 Å². The maximum atomic E-state index is 6.07. The van der Waals surface area contributed by atoms with Gasteiger partial charge in [-0.25, -0.2) is 0 Å². The number of rotatable bonds is 4. The Bertz CT molecular complexity index is 443. The number of benzene rings is 1. The van der Waals surface area contributed by atoms with Gasteiger partial charge in [0, 0.05) is 16.8 Å². The molecule has 0 aliphatic heterocycles. The Morgan fingerprint density at radius 3 is 2.56 bits per heavy atom. The highest BCUT2D eigenvalue weighted by molar-refractivity contribution is 6.31. The lowest BCUT2D eigenvalue weighted by Gasteiger charge is -2.03. The van der Waals surface area contributed by atoms with E-state index in [0.717, 1.165) is 23.8 Å². The lowest BCUT2D eigenvalue weighted by atomic mass is 10.2. The molecule has 0 aliphatic carbocycles. The van der Waals surface area contributed by atoms with Crippen LogP contribution in [0.4, 0.5) is 0 Å². The standard InChI is InChI=1S/C13H13ClN2/c14-13-7-2-1-5-11(13)9-15-10-12-6-3-4-8-16-12/h1-8,15H,9-10H2/p+1. The fraction of sp³-hybridized carbons (Fsp3) is 0.154. The molecule has 2 N–H and O–H groups in total. The predicted octanol–water partition coefficient (Wildman–Crippen LogP) is 2.00. The van der Waals surface area contributed by atoms with Crippen molar-refractivity contribution in [1.29, 1.82) is 0 Å². The first-order valence-electron chi connectivity index (χ1n) is 5.31. The Morgan fingerprint density at radius 1 is 1.00 bits per heavy atom. The second kappa shape index (κ2) is 5.64. The molecule has 0 aliphatic rings. The Balaban J connectivity index is 1.87. The van der Waals surface area contributed by atoms with E-state index >= 15 is 0 Å². The van der Waals surface area contributed by atoms with Gasteiger partial charge in [-0.2, -0.15) is 0 Å². The largest absolute Gasteiger partial charge is 0.337 e. The van der Waals surface area contributed by atoms with Crippen molar-refractivity contribution in [2.45, 2.75) is 13.1 Å². The van der Waals surface area contributed by atoms with E-state index in [0.29, 0.717) is 0 Å². The summed E-state index contributed by atoms with van der Waals surface area (Å²) in [6.45, 7) is 1.77. The molecule has 0 bridgehead atoms. The third-order valence-corrected chi connectivity index (χ3v) is 2.77. The normalized spacial score (nSPS) is 10.3. The molecule has 16 heavy (non-hydrogen) atoms.